The first-order valence-electron chi connectivity index (χ1n) is 9.19. The zero-order chi connectivity index (χ0) is 18.4. The zero-order valence-electron chi connectivity index (χ0n) is 15.4. The fourth-order valence-electron chi connectivity index (χ4n) is 3.18. The van der Waals surface area contributed by atoms with Gasteiger partial charge in [0.2, 0.25) is 5.91 Å². The number of nitrogens with one attached hydrogen (secondary N) is 2. The minimum absolute atomic E-state index is 0.0987. The van der Waals surface area contributed by atoms with E-state index in [-0.39, 0.29) is 5.91 Å². The van der Waals surface area contributed by atoms with Gasteiger partial charge in [-0.05, 0) is 94.2 Å². The second-order valence-corrected chi connectivity index (χ2v) is 7.88. The molecule has 1 fully saturated rings. The number of hydrogen-bond donors (Lipinski definition) is 2. The van der Waals surface area contributed by atoms with Gasteiger partial charge in [0.15, 0.2) is 5.16 Å². The molecule has 6 heteroatoms. The molecule has 0 spiro atoms. The number of carbonyl (C=O) groups excluding carboxylic acids is 1. The number of amides is 1. The van der Waals surface area contributed by atoms with E-state index in [9.17, 15) is 4.79 Å². The minimum Gasteiger partial charge on any atom is -0.326 e. The highest BCUT2D eigenvalue weighted by Crippen LogP contribution is 2.26. The van der Waals surface area contributed by atoms with Gasteiger partial charge in [-0.15, -0.1) is 0 Å². The monoisotopic (exact) mass is 370 g/mol. The summed E-state index contributed by atoms with van der Waals surface area (Å²) in [5.74, 6) is 0.778. The third-order valence-electron chi connectivity index (χ3n) is 4.55. The van der Waals surface area contributed by atoms with Gasteiger partial charge in [0.05, 0.1) is 0 Å². The van der Waals surface area contributed by atoms with Crippen LogP contribution in [0.4, 0.5) is 5.69 Å². The Morgan fingerprint density at radius 1 is 1.15 bits per heavy atom. The number of nitrogens with zero attached hydrogens (tertiary/aromatic N) is 2. The Morgan fingerprint density at radius 2 is 1.81 bits per heavy atom. The molecular formula is C20H26N4OS. The molecule has 2 heterocycles. The summed E-state index contributed by atoms with van der Waals surface area (Å²) in [6.45, 7) is 6.10. The summed E-state index contributed by atoms with van der Waals surface area (Å²) in [5, 5.41) is 7.11. The van der Waals surface area contributed by atoms with Crippen LogP contribution in [0.2, 0.25) is 0 Å². The molecule has 0 saturated carbocycles. The van der Waals surface area contributed by atoms with E-state index in [2.05, 4.69) is 20.6 Å². The largest absolute Gasteiger partial charge is 0.326 e. The van der Waals surface area contributed by atoms with Crippen LogP contribution in [0.5, 0.6) is 0 Å². The van der Waals surface area contributed by atoms with Gasteiger partial charge in [-0.3, -0.25) is 4.79 Å². The molecule has 5 nitrogen and oxygen atoms in total. The molecule has 1 aliphatic rings. The van der Waals surface area contributed by atoms with Crippen molar-refractivity contribution in [3.63, 3.8) is 0 Å². The number of anilines is 1. The summed E-state index contributed by atoms with van der Waals surface area (Å²) in [5.41, 5.74) is 2.78. The quantitative estimate of drug-likeness (QED) is 0.753. The molecule has 1 aliphatic heterocycles. The highest BCUT2D eigenvalue weighted by atomic mass is 32.2. The molecule has 138 valence electrons. The first-order chi connectivity index (χ1) is 12.6. The van der Waals surface area contributed by atoms with Gasteiger partial charge in [-0.1, -0.05) is 0 Å². The second-order valence-electron chi connectivity index (χ2n) is 6.84. The van der Waals surface area contributed by atoms with E-state index in [1.165, 1.54) is 24.6 Å². The van der Waals surface area contributed by atoms with E-state index < -0.39 is 0 Å². The topological polar surface area (TPSA) is 66.9 Å². The van der Waals surface area contributed by atoms with Crippen molar-refractivity contribution < 1.29 is 4.79 Å². The Labute approximate surface area is 159 Å². The predicted molar refractivity (Wildman–Crippen MR) is 106 cm³/mol. The molecule has 1 aromatic heterocycles. The molecule has 0 atom stereocenters. The number of rotatable bonds is 6. The summed E-state index contributed by atoms with van der Waals surface area (Å²) in [7, 11) is 0. The molecule has 2 aromatic rings. The molecule has 1 amide bonds. The van der Waals surface area contributed by atoms with Crippen LogP contribution >= 0.6 is 11.8 Å². The number of benzene rings is 1. The van der Waals surface area contributed by atoms with E-state index in [4.69, 9.17) is 0 Å². The van der Waals surface area contributed by atoms with Crippen molar-refractivity contribution in [1.82, 2.24) is 15.3 Å². The second kappa shape index (κ2) is 9.14. The molecule has 2 N–H and O–H groups in total. The van der Waals surface area contributed by atoms with Gasteiger partial charge < -0.3 is 10.6 Å². The van der Waals surface area contributed by atoms with Crippen LogP contribution in [-0.2, 0) is 4.79 Å². The summed E-state index contributed by atoms with van der Waals surface area (Å²) in [6, 6.07) is 9.83. The van der Waals surface area contributed by atoms with E-state index in [0.717, 1.165) is 46.6 Å². The Kier molecular flexibility index (Phi) is 6.63. The SMILES string of the molecule is Cc1cc(C)nc(Sc2ccc(NC(=O)CCC3CCNCC3)cc2)n1. The lowest BCUT2D eigenvalue weighted by molar-refractivity contribution is -0.116. The molecule has 0 aliphatic carbocycles. The maximum absolute atomic E-state index is 12.2. The van der Waals surface area contributed by atoms with Gasteiger partial charge in [0.1, 0.15) is 0 Å². The fourth-order valence-corrected chi connectivity index (χ4v) is 4.04. The first-order valence-corrected chi connectivity index (χ1v) is 10.0. The van der Waals surface area contributed by atoms with Gasteiger partial charge >= 0.3 is 0 Å². The molecule has 0 radical (unpaired) electrons. The number of aromatic nitrogens is 2. The minimum atomic E-state index is 0.0987. The number of carbonyl (C=O) groups is 1. The Bertz CT molecular complexity index is 722. The molecule has 0 unspecified atom stereocenters. The van der Waals surface area contributed by atoms with E-state index >= 15 is 0 Å². The average molecular weight is 371 g/mol. The Balaban J connectivity index is 1.49. The van der Waals surface area contributed by atoms with Crippen LogP contribution in [0.15, 0.2) is 40.4 Å². The highest BCUT2D eigenvalue weighted by molar-refractivity contribution is 7.99. The van der Waals surface area contributed by atoms with Gasteiger partial charge in [0.25, 0.3) is 0 Å². The van der Waals surface area contributed by atoms with E-state index in [1.54, 1.807) is 0 Å². The summed E-state index contributed by atoms with van der Waals surface area (Å²) >= 11 is 1.53. The van der Waals surface area contributed by atoms with E-state index in [0.29, 0.717) is 12.3 Å². The van der Waals surface area contributed by atoms with Crippen molar-refractivity contribution >= 4 is 23.4 Å². The van der Waals surface area contributed by atoms with Crippen LogP contribution < -0.4 is 10.6 Å². The number of piperidine rings is 1. The van der Waals surface area contributed by atoms with Crippen molar-refractivity contribution in [2.45, 2.75) is 49.6 Å². The van der Waals surface area contributed by atoms with Gasteiger partial charge in [0, 0.05) is 28.4 Å². The molecule has 3 rings (SSSR count). The third-order valence-corrected chi connectivity index (χ3v) is 5.42. The Morgan fingerprint density at radius 3 is 2.46 bits per heavy atom. The third kappa shape index (κ3) is 5.81. The van der Waals surface area contributed by atoms with Gasteiger partial charge in [-0.25, -0.2) is 9.97 Å². The normalized spacial score (nSPS) is 15.0. The van der Waals surface area contributed by atoms with E-state index in [1.807, 2.05) is 44.2 Å². The van der Waals surface area contributed by atoms with Crippen LogP contribution in [0, 0.1) is 19.8 Å². The molecule has 0 bridgehead atoms. The van der Waals surface area contributed by atoms with Crippen molar-refractivity contribution in [1.29, 1.82) is 0 Å². The lowest BCUT2D eigenvalue weighted by Gasteiger charge is -2.22. The van der Waals surface area contributed by atoms with Crippen molar-refractivity contribution in [3.05, 3.63) is 41.7 Å². The Hall–Kier alpha value is -1.92. The molecule has 1 aromatic carbocycles. The van der Waals surface area contributed by atoms with Crippen molar-refractivity contribution in [2.24, 2.45) is 5.92 Å². The van der Waals surface area contributed by atoms with Crippen LogP contribution in [0.1, 0.15) is 37.1 Å². The predicted octanol–water partition coefficient (Wildman–Crippen LogP) is 3.96. The maximum Gasteiger partial charge on any atom is 0.224 e. The van der Waals surface area contributed by atoms with Crippen molar-refractivity contribution in [2.75, 3.05) is 18.4 Å². The molecule has 1 saturated heterocycles. The maximum atomic E-state index is 12.2. The summed E-state index contributed by atoms with van der Waals surface area (Å²) in [6.07, 6.45) is 3.93. The van der Waals surface area contributed by atoms with Crippen LogP contribution in [-0.4, -0.2) is 29.0 Å². The smallest absolute Gasteiger partial charge is 0.224 e. The van der Waals surface area contributed by atoms with Crippen LogP contribution in [0.3, 0.4) is 0 Å². The summed E-state index contributed by atoms with van der Waals surface area (Å²) in [4.78, 5) is 22.1. The fraction of sp³-hybridized carbons (Fsp3) is 0.450. The lowest BCUT2D eigenvalue weighted by atomic mass is 9.93. The average Bonchev–Trinajstić information content (AvgIpc) is 2.62. The summed E-state index contributed by atoms with van der Waals surface area (Å²) < 4.78 is 0. The zero-order valence-corrected chi connectivity index (χ0v) is 16.2. The molecule has 26 heavy (non-hydrogen) atoms. The van der Waals surface area contributed by atoms with Gasteiger partial charge in [-0.2, -0.15) is 0 Å². The van der Waals surface area contributed by atoms with Crippen LogP contribution in [0.25, 0.3) is 0 Å². The standard InChI is InChI=1S/C20H26N4OS/c1-14-13-15(2)23-20(22-14)26-18-6-4-17(5-7-18)24-19(25)8-3-16-9-11-21-12-10-16/h4-7,13,16,21H,3,8-12H2,1-2H3,(H,24,25). The highest BCUT2D eigenvalue weighted by Gasteiger charge is 2.14. The number of aryl methyl sites for hydroxylation is 2. The number of hydrogen-bond acceptors (Lipinski definition) is 5. The molecular weight excluding hydrogens is 344 g/mol. The lowest BCUT2D eigenvalue weighted by Crippen LogP contribution is -2.28. The van der Waals surface area contributed by atoms with Crippen molar-refractivity contribution in [3.8, 4) is 0 Å². The first kappa shape index (κ1) is 18.9.